The average Bonchev–Trinajstić information content (AvgIpc) is 3.01. The minimum absolute atomic E-state index is 0.0246. The average molecular weight is 293 g/mol. The number of amides is 1. The van der Waals surface area contributed by atoms with Crippen molar-refractivity contribution in [3.8, 4) is 0 Å². The van der Waals surface area contributed by atoms with Gasteiger partial charge >= 0.3 is 0 Å². The lowest BCUT2D eigenvalue weighted by atomic mass is 9.95. The highest BCUT2D eigenvalue weighted by atomic mass is 32.2. The van der Waals surface area contributed by atoms with Gasteiger partial charge in [-0.25, -0.2) is 0 Å². The van der Waals surface area contributed by atoms with Crippen molar-refractivity contribution in [1.29, 1.82) is 0 Å². The van der Waals surface area contributed by atoms with Crippen molar-refractivity contribution < 1.29 is 4.79 Å². The first kappa shape index (κ1) is 14.0. The number of aromatic nitrogens is 2. The number of hydrogen-bond donors (Lipinski definition) is 2. The summed E-state index contributed by atoms with van der Waals surface area (Å²) >= 11 is 2.03. The number of aromatic amines is 1. The van der Waals surface area contributed by atoms with Gasteiger partial charge in [0, 0.05) is 22.5 Å². The van der Waals surface area contributed by atoms with E-state index < -0.39 is 0 Å². The van der Waals surface area contributed by atoms with Gasteiger partial charge in [-0.1, -0.05) is 13.3 Å². The van der Waals surface area contributed by atoms with Crippen LogP contribution in [0, 0.1) is 0 Å². The van der Waals surface area contributed by atoms with Crippen molar-refractivity contribution in [2.75, 3.05) is 5.75 Å². The number of carbonyl (C=O) groups is 1. The van der Waals surface area contributed by atoms with Crippen molar-refractivity contribution in [3.63, 3.8) is 0 Å². The molecule has 2 aliphatic rings. The molecule has 20 heavy (non-hydrogen) atoms. The summed E-state index contributed by atoms with van der Waals surface area (Å²) in [4.78, 5) is 12.4. The number of hydrogen-bond acceptors (Lipinski definition) is 3. The molecule has 0 unspecified atom stereocenters. The maximum atomic E-state index is 12.4. The molecular weight excluding hydrogens is 270 g/mol. The Morgan fingerprint density at radius 2 is 2.30 bits per heavy atom. The molecule has 0 spiro atoms. The van der Waals surface area contributed by atoms with Crippen molar-refractivity contribution in [3.05, 3.63) is 17.0 Å². The van der Waals surface area contributed by atoms with E-state index in [0.29, 0.717) is 17.0 Å². The van der Waals surface area contributed by atoms with E-state index in [-0.39, 0.29) is 5.91 Å². The first-order chi connectivity index (χ1) is 9.78. The fraction of sp³-hybridized carbons (Fsp3) is 0.733. The number of rotatable bonds is 4. The molecule has 3 rings (SSSR count). The first-order valence-corrected chi connectivity index (χ1v) is 8.81. The van der Waals surface area contributed by atoms with Gasteiger partial charge in [0.15, 0.2) is 5.69 Å². The molecule has 1 fully saturated rings. The van der Waals surface area contributed by atoms with E-state index in [1.165, 1.54) is 18.5 Å². The maximum Gasteiger partial charge on any atom is 0.272 e. The summed E-state index contributed by atoms with van der Waals surface area (Å²) in [7, 11) is 0. The molecule has 0 aromatic carbocycles. The molecule has 1 aromatic rings. The largest absolute Gasteiger partial charge is 0.348 e. The Bertz CT molecular complexity index is 483. The molecule has 2 N–H and O–H groups in total. The number of nitrogens with zero attached hydrogens (tertiary/aromatic N) is 1. The second-order valence-corrected chi connectivity index (χ2v) is 7.37. The molecule has 1 amide bonds. The van der Waals surface area contributed by atoms with Crippen LogP contribution in [0.25, 0.3) is 0 Å². The van der Waals surface area contributed by atoms with E-state index >= 15 is 0 Å². The lowest BCUT2D eigenvalue weighted by Gasteiger charge is -2.29. The summed E-state index contributed by atoms with van der Waals surface area (Å²) in [6.07, 6.45) is 7.91. The van der Waals surface area contributed by atoms with Crippen LogP contribution in [0.15, 0.2) is 0 Å². The molecule has 1 aromatic heterocycles. The molecule has 0 bridgehead atoms. The van der Waals surface area contributed by atoms with E-state index in [9.17, 15) is 4.79 Å². The van der Waals surface area contributed by atoms with Crippen LogP contribution in [0.3, 0.4) is 0 Å². The first-order valence-electron chi connectivity index (χ1n) is 7.76. The van der Waals surface area contributed by atoms with Crippen LogP contribution in [0.5, 0.6) is 0 Å². The standard InChI is InChI=1S/C15H23N3OS/c1-2-20-11-6-3-5-10(9-11)16-15(19)14-12-7-4-8-13(12)17-18-14/h10-11H,2-9H2,1H3,(H,16,19)(H,17,18)/t10-,11-/m1/s1. The summed E-state index contributed by atoms with van der Waals surface area (Å²) < 4.78 is 0. The van der Waals surface area contributed by atoms with Gasteiger partial charge in [-0.15, -0.1) is 0 Å². The summed E-state index contributed by atoms with van der Waals surface area (Å²) in [5.41, 5.74) is 2.96. The molecule has 0 radical (unpaired) electrons. The third-order valence-corrected chi connectivity index (χ3v) is 5.62. The maximum absolute atomic E-state index is 12.4. The second kappa shape index (κ2) is 6.20. The monoisotopic (exact) mass is 293 g/mol. The number of fused-ring (bicyclic) bond motifs is 1. The Kier molecular flexibility index (Phi) is 4.34. The summed E-state index contributed by atoms with van der Waals surface area (Å²) in [5.74, 6) is 1.19. The lowest BCUT2D eigenvalue weighted by Crippen LogP contribution is -2.39. The van der Waals surface area contributed by atoms with Crippen molar-refractivity contribution in [2.45, 2.75) is 63.2 Å². The predicted octanol–water partition coefficient (Wildman–Crippen LogP) is 2.69. The van der Waals surface area contributed by atoms with Gasteiger partial charge in [-0.05, 0) is 44.3 Å². The highest BCUT2D eigenvalue weighted by Crippen LogP contribution is 2.29. The Balaban J connectivity index is 1.61. The molecule has 5 heteroatoms. The zero-order valence-corrected chi connectivity index (χ0v) is 12.9. The van der Waals surface area contributed by atoms with Crippen LogP contribution in [-0.2, 0) is 12.8 Å². The highest BCUT2D eigenvalue weighted by molar-refractivity contribution is 7.99. The molecule has 110 valence electrons. The molecule has 0 saturated heterocycles. The van der Waals surface area contributed by atoms with Gasteiger partial charge in [0.2, 0.25) is 0 Å². The van der Waals surface area contributed by atoms with Gasteiger partial charge < -0.3 is 5.32 Å². The highest BCUT2D eigenvalue weighted by Gasteiger charge is 2.27. The predicted molar refractivity (Wildman–Crippen MR) is 82.3 cm³/mol. The molecule has 1 heterocycles. The van der Waals surface area contributed by atoms with Crippen LogP contribution in [0.4, 0.5) is 0 Å². The zero-order chi connectivity index (χ0) is 13.9. The Hall–Kier alpha value is -0.970. The van der Waals surface area contributed by atoms with Crippen molar-refractivity contribution in [2.24, 2.45) is 0 Å². The Labute approximate surface area is 124 Å². The lowest BCUT2D eigenvalue weighted by molar-refractivity contribution is 0.0922. The van der Waals surface area contributed by atoms with E-state index in [1.54, 1.807) is 0 Å². The second-order valence-electron chi connectivity index (χ2n) is 5.80. The number of H-pyrrole nitrogens is 1. The normalized spacial score (nSPS) is 25.4. The van der Waals surface area contributed by atoms with E-state index in [0.717, 1.165) is 43.4 Å². The number of aryl methyl sites for hydroxylation is 1. The minimum atomic E-state index is 0.0246. The van der Waals surface area contributed by atoms with E-state index in [1.807, 2.05) is 11.8 Å². The molecule has 0 aliphatic heterocycles. The fourth-order valence-electron chi connectivity index (χ4n) is 3.42. The summed E-state index contributed by atoms with van der Waals surface area (Å²) in [6, 6.07) is 0.328. The molecule has 1 saturated carbocycles. The van der Waals surface area contributed by atoms with Crippen molar-refractivity contribution >= 4 is 17.7 Å². The van der Waals surface area contributed by atoms with Gasteiger partial charge in [0.05, 0.1) is 0 Å². The van der Waals surface area contributed by atoms with E-state index in [2.05, 4.69) is 22.4 Å². The van der Waals surface area contributed by atoms with Crippen LogP contribution >= 0.6 is 11.8 Å². The van der Waals surface area contributed by atoms with Crippen LogP contribution < -0.4 is 5.32 Å². The van der Waals surface area contributed by atoms with Crippen LogP contribution in [0.1, 0.15) is 60.8 Å². The number of thioether (sulfide) groups is 1. The fourth-order valence-corrected chi connectivity index (χ4v) is 4.60. The number of nitrogens with one attached hydrogen (secondary N) is 2. The van der Waals surface area contributed by atoms with Gasteiger partial charge in [-0.3, -0.25) is 9.89 Å². The molecular formula is C15H23N3OS. The molecule has 4 nitrogen and oxygen atoms in total. The van der Waals surface area contributed by atoms with Gasteiger partial charge in [-0.2, -0.15) is 16.9 Å². The smallest absolute Gasteiger partial charge is 0.272 e. The summed E-state index contributed by atoms with van der Waals surface area (Å²) in [6.45, 7) is 2.21. The third kappa shape index (κ3) is 2.87. The van der Waals surface area contributed by atoms with Gasteiger partial charge in [0.1, 0.15) is 0 Å². The minimum Gasteiger partial charge on any atom is -0.348 e. The number of carbonyl (C=O) groups excluding carboxylic acids is 1. The van der Waals surface area contributed by atoms with Crippen LogP contribution in [0.2, 0.25) is 0 Å². The molecule has 2 aliphatic carbocycles. The molecule has 2 atom stereocenters. The SMILES string of the molecule is CCS[C@@H]1CCC[C@@H](NC(=O)c2n[nH]c3c2CCC3)C1. The Morgan fingerprint density at radius 3 is 3.15 bits per heavy atom. The van der Waals surface area contributed by atoms with E-state index in [4.69, 9.17) is 0 Å². The third-order valence-electron chi connectivity index (χ3n) is 4.39. The topological polar surface area (TPSA) is 57.8 Å². The van der Waals surface area contributed by atoms with Crippen LogP contribution in [-0.4, -0.2) is 33.1 Å². The Morgan fingerprint density at radius 1 is 1.40 bits per heavy atom. The summed E-state index contributed by atoms with van der Waals surface area (Å²) in [5, 5.41) is 11.2. The van der Waals surface area contributed by atoms with Crippen molar-refractivity contribution in [1.82, 2.24) is 15.5 Å². The zero-order valence-electron chi connectivity index (χ0n) is 12.1. The van der Waals surface area contributed by atoms with Gasteiger partial charge in [0.25, 0.3) is 5.91 Å². The quantitative estimate of drug-likeness (QED) is 0.897.